The van der Waals surface area contributed by atoms with E-state index in [1.54, 1.807) is 36.4 Å². The predicted molar refractivity (Wildman–Crippen MR) is 147 cm³/mol. The molecule has 0 aliphatic rings. The van der Waals surface area contributed by atoms with Crippen LogP contribution in [0.1, 0.15) is 30.9 Å². The van der Waals surface area contributed by atoms with Gasteiger partial charge in [0.1, 0.15) is 6.10 Å². The molecule has 0 spiro atoms. The van der Waals surface area contributed by atoms with Crippen molar-refractivity contribution in [2.75, 3.05) is 16.4 Å². The SMILES string of the molecule is Nc1ccccc1NC(=O)/C=C/CCC[C@@H](OC(=O)Nc1cccc2ccccc12)c1ccc(O)c(F)c1. The van der Waals surface area contributed by atoms with Crippen molar-refractivity contribution in [3.05, 3.63) is 108 Å². The number of anilines is 3. The number of unbranched alkanes of at least 4 members (excludes halogenated alkanes) is 1. The van der Waals surface area contributed by atoms with Crippen molar-refractivity contribution in [1.82, 2.24) is 0 Å². The zero-order chi connectivity index (χ0) is 26.9. The van der Waals surface area contributed by atoms with E-state index in [-0.39, 0.29) is 5.91 Å². The third kappa shape index (κ3) is 6.88. The quantitative estimate of drug-likeness (QED) is 0.110. The molecule has 0 saturated heterocycles. The molecule has 0 radical (unpaired) electrons. The lowest BCUT2D eigenvalue weighted by Crippen LogP contribution is -2.18. The van der Waals surface area contributed by atoms with Gasteiger partial charge in [0.05, 0.1) is 17.1 Å². The van der Waals surface area contributed by atoms with Crippen molar-refractivity contribution in [2.45, 2.75) is 25.4 Å². The first-order valence-electron chi connectivity index (χ1n) is 12.2. The zero-order valence-corrected chi connectivity index (χ0v) is 20.6. The number of hydrogen-bond donors (Lipinski definition) is 4. The van der Waals surface area contributed by atoms with Gasteiger partial charge in [0.2, 0.25) is 5.91 Å². The molecule has 0 saturated carbocycles. The maximum absolute atomic E-state index is 14.1. The van der Waals surface area contributed by atoms with Crippen LogP contribution in [0.2, 0.25) is 0 Å². The highest BCUT2D eigenvalue weighted by atomic mass is 19.1. The van der Waals surface area contributed by atoms with Crippen molar-refractivity contribution in [3.63, 3.8) is 0 Å². The summed E-state index contributed by atoms with van der Waals surface area (Å²) in [6.07, 6.45) is 3.09. The molecule has 4 rings (SSSR count). The lowest BCUT2D eigenvalue weighted by Gasteiger charge is -2.19. The van der Waals surface area contributed by atoms with Crippen molar-refractivity contribution in [3.8, 4) is 5.75 Å². The molecule has 0 heterocycles. The van der Waals surface area contributed by atoms with Gasteiger partial charge in [0.15, 0.2) is 11.6 Å². The largest absolute Gasteiger partial charge is 0.505 e. The normalized spacial score (nSPS) is 11.8. The Labute approximate surface area is 219 Å². The number of halogens is 1. The molecule has 4 aromatic carbocycles. The summed E-state index contributed by atoms with van der Waals surface area (Å²) in [5.74, 6) is -1.60. The molecular weight excluding hydrogens is 485 g/mol. The second kappa shape index (κ2) is 12.4. The number of nitrogens with two attached hydrogens (primary N) is 1. The number of carbonyl (C=O) groups is 2. The summed E-state index contributed by atoms with van der Waals surface area (Å²) in [7, 11) is 0. The number of phenols is 1. The third-order valence-corrected chi connectivity index (χ3v) is 5.94. The molecule has 8 heteroatoms. The number of allylic oxidation sites excluding steroid dienone is 1. The second-order valence-electron chi connectivity index (χ2n) is 8.67. The lowest BCUT2D eigenvalue weighted by molar-refractivity contribution is -0.111. The maximum atomic E-state index is 14.1. The smallest absolute Gasteiger partial charge is 0.412 e. The van der Waals surface area contributed by atoms with E-state index in [9.17, 15) is 19.1 Å². The van der Waals surface area contributed by atoms with E-state index in [0.29, 0.717) is 41.9 Å². The number of phenolic OH excluding ortho intramolecular Hbond substituents is 1. The van der Waals surface area contributed by atoms with Crippen molar-refractivity contribution < 1.29 is 23.8 Å². The molecule has 4 aromatic rings. The highest BCUT2D eigenvalue weighted by Crippen LogP contribution is 2.29. The number of fused-ring (bicyclic) bond motifs is 1. The maximum Gasteiger partial charge on any atom is 0.412 e. The van der Waals surface area contributed by atoms with Crippen LogP contribution in [0.5, 0.6) is 5.75 Å². The van der Waals surface area contributed by atoms with Gasteiger partial charge in [-0.25, -0.2) is 9.18 Å². The van der Waals surface area contributed by atoms with Gasteiger partial charge in [0.25, 0.3) is 0 Å². The first kappa shape index (κ1) is 26.2. The first-order chi connectivity index (χ1) is 18.4. The fraction of sp³-hybridized carbons (Fsp3) is 0.133. The predicted octanol–water partition coefficient (Wildman–Crippen LogP) is 6.92. The van der Waals surface area contributed by atoms with Gasteiger partial charge >= 0.3 is 6.09 Å². The number of carbonyl (C=O) groups excluding carboxylic acids is 2. The monoisotopic (exact) mass is 513 g/mol. The number of aromatic hydroxyl groups is 1. The van der Waals surface area contributed by atoms with Crippen LogP contribution in [-0.4, -0.2) is 17.1 Å². The standard InChI is InChI=1S/C30H28FN3O4/c31-23-19-21(17-18-27(23)35)28(15-2-1-3-16-29(36)33-26-13-7-6-12-24(26)32)38-30(37)34-25-14-8-10-20-9-4-5-11-22(20)25/h3-14,16-19,28,35H,1-2,15,32H2,(H,33,36)(H,34,37)/b16-3+/t28-/m1/s1. The lowest BCUT2D eigenvalue weighted by atomic mass is 10.0. The van der Waals surface area contributed by atoms with Crippen LogP contribution >= 0.6 is 0 Å². The molecular formula is C30H28FN3O4. The van der Waals surface area contributed by atoms with Crippen LogP contribution in [0.3, 0.4) is 0 Å². The van der Waals surface area contributed by atoms with Gasteiger partial charge in [-0.05, 0) is 66.6 Å². The third-order valence-electron chi connectivity index (χ3n) is 5.94. The van der Waals surface area contributed by atoms with Gasteiger partial charge in [0, 0.05) is 5.39 Å². The molecule has 38 heavy (non-hydrogen) atoms. The number of benzene rings is 4. The Bertz CT molecular complexity index is 1470. The number of nitrogens with one attached hydrogen (secondary N) is 2. The van der Waals surface area contributed by atoms with Crippen LogP contribution in [0.25, 0.3) is 10.8 Å². The van der Waals surface area contributed by atoms with E-state index >= 15 is 0 Å². The van der Waals surface area contributed by atoms with Gasteiger partial charge < -0.3 is 20.9 Å². The highest BCUT2D eigenvalue weighted by Gasteiger charge is 2.19. The van der Waals surface area contributed by atoms with Crippen LogP contribution < -0.4 is 16.4 Å². The van der Waals surface area contributed by atoms with E-state index in [2.05, 4.69) is 10.6 Å². The molecule has 0 unspecified atom stereocenters. The molecule has 7 nitrogen and oxygen atoms in total. The van der Waals surface area contributed by atoms with Crippen molar-refractivity contribution in [1.29, 1.82) is 0 Å². The van der Waals surface area contributed by atoms with E-state index in [0.717, 1.165) is 16.8 Å². The summed E-state index contributed by atoms with van der Waals surface area (Å²) in [4.78, 5) is 25.0. The van der Waals surface area contributed by atoms with E-state index in [1.165, 1.54) is 18.2 Å². The van der Waals surface area contributed by atoms with Gasteiger partial charge in [-0.2, -0.15) is 0 Å². The minimum absolute atomic E-state index is 0.314. The Morgan fingerprint density at radius 1 is 0.947 bits per heavy atom. The summed E-state index contributed by atoms with van der Waals surface area (Å²) in [5.41, 5.74) is 7.85. The van der Waals surface area contributed by atoms with Crippen LogP contribution in [0.15, 0.2) is 97.1 Å². The van der Waals surface area contributed by atoms with Crippen LogP contribution in [0.4, 0.5) is 26.2 Å². The molecule has 1 atom stereocenters. The summed E-state index contributed by atoms with van der Waals surface area (Å²) in [5, 5.41) is 16.9. The molecule has 5 N–H and O–H groups in total. The summed E-state index contributed by atoms with van der Waals surface area (Å²) in [6.45, 7) is 0. The fourth-order valence-electron chi connectivity index (χ4n) is 4.02. The van der Waals surface area contributed by atoms with Gasteiger partial charge in [-0.15, -0.1) is 0 Å². The Balaban J connectivity index is 1.38. The summed E-state index contributed by atoms with van der Waals surface area (Å²) >= 11 is 0. The Morgan fingerprint density at radius 3 is 2.50 bits per heavy atom. The first-order valence-corrected chi connectivity index (χ1v) is 12.2. The average Bonchev–Trinajstić information content (AvgIpc) is 2.91. The van der Waals surface area contributed by atoms with Crippen LogP contribution in [-0.2, 0) is 9.53 Å². The van der Waals surface area contributed by atoms with E-state index < -0.39 is 23.8 Å². The Morgan fingerprint density at radius 2 is 1.68 bits per heavy atom. The molecule has 0 aromatic heterocycles. The van der Waals surface area contributed by atoms with Gasteiger partial charge in [-0.1, -0.05) is 60.7 Å². The van der Waals surface area contributed by atoms with Crippen molar-refractivity contribution in [2.24, 2.45) is 0 Å². The molecule has 0 bridgehead atoms. The minimum Gasteiger partial charge on any atom is -0.505 e. The fourth-order valence-corrected chi connectivity index (χ4v) is 4.02. The molecule has 194 valence electrons. The van der Waals surface area contributed by atoms with Crippen molar-refractivity contribution >= 4 is 39.8 Å². The number of ether oxygens (including phenoxy) is 1. The number of amides is 2. The Kier molecular flexibility index (Phi) is 8.56. The number of rotatable bonds is 9. The average molecular weight is 514 g/mol. The minimum atomic E-state index is -0.803. The molecule has 0 fully saturated rings. The van der Waals surface area contributed by atoms with E-state index in [1.807, 2.05) is 36.4 Å². The molecule has 2 amide bonds. The van der Waals surface area contributed by atoms with Gasteiger partial charge in [-0.3, -0.25) is 10.1 Å². The topological polar surface area (TPSA) is 114 Å². The number of nitrogen functional groups attached to an aromatic ring is 1. The summed E-state index contributed by atoms with van der Waals surface area (Å²) in [6, 6.07) is 24.0. The highest BCUT2D eigenvalue weighted by molar-refractivity contribution is 6.01. The number of hydrogen-bond acceptors (Lipinski definition) is 5. The Hall–Kier alpha value is -4.85. The number of para-hydroxylation sites is 2. The molecule has 0 aliphatic carbocycles. The summed E-state index contributed by atoms with van der Waals surface area (Å²) < 4.78 is 19.8. The molecule has 0 aliphatic heterocycles. The zero-order valence-electron chi connectivity index (χ0n) is 20.6. The van der Waals surface area contributed by atoms with E-state index in [4.69, 9.17) is 10.5 Å². The van der Waals surface area contributed by atoms with Crippen LogP contribution in [0, 0.1) is 5.82 Å². The second-order valence-corrected chi connectivity index (χ2v) is 8.67.